The summed E-state index contributed by atoms with van der Waals surface area (Å²) < 4.78 is 28.6. The zero-order valence-corrected chi connectivity index (χ0v) is 17.6. The van der Waals surface area contributed by atoms with Crippen molar-refractivity contribution in [3.05, 3.63) is 83.7 Å². The maximum Gasteiger partial charge on any atom is 0.274 e. The van der Waals surface area contributed by atoms with E-state index >= 15 is 0 Å². The van der Waals surface area contributed by atoms with Gasteiger partial charge < -0.3 is 4.90 Å². The van der Waals surface area contributed by atoms with Crippen molar-refractivity contribution in [3.8, 4) is 5.69 Å². The van der Waals surface area contributed by atoms with Crippen molar-refractivity contribution in [2.24, 2.45) is 0 Å². The van der Waals surface area contributed by atoms with Crippen molar-refractivity contribution < 1.29 is 13.2 Å². The van der Waals surface area contributed by atoms with Crippen molar-refractivity contribution in [2.45, 2.75) is 12.7 Å². The molecule has 1 aromatic heterocycles. The first kappa shape index (κ1) is 20.3. The molecule has 156 valence electrons. The standard InChI is InChI=1S/C22H24N4O3S/c1-18-16-21(23-26(18)20-10-6-3-7-11-20)22(27)24-12-14-25(15-13-24)30(28,29)17-19-8-4-2-5-9-19/h2-11,16H,12-15,17H2,1H3. The molecule has 0 radical (unpaired) electrons. The maximum absolute atomic E-state index is 12.9. The van der Waals surface area contributed by atoms with Gasteiger partial charge in [0.1, 0.15) is 0 Å². The van der Waals surface area contributed by atoms with E-state index in [0.717, 1.165) is 16.9 Å². The fraction of sp³-hybridized carbons (Fsp3) is 0.273. The molecular formula is C22H24N4O3S. The van der Waals surface area contributed by atoms with Crippen molar-refractivity contribution >= 4 is 15.9 Å². The Morgan fingerprint density at radius 1 is 0.933 bits per heavy atom. The first-order valence-corrected chi connectivity index (χ1v) is 11.5. The number of carbonyl (C=O) groups is 1. The molecule has 0 unspecified atom stereocenters. The van der Waals surface area contributed by atoms with E-state index < -0.39 is 10.0 Å². The lowest BCUT2D eigenvalue weighted by atomic mass is 10.2. The number of sulfonamides is 1. The van der Waals surface area contributed by atoms with Crippen molar-refractivity contribution in [2.75, 3.05) is 26.2 Å². The van der Waals surface area contributed by atoms with Crippen molar-refractivity contribution in [1.29, 1.82) is 0 Å². The lowest BCUT2D eigenvalue weighted by Crippen LogP contribution is -2.50. The topological polar surface area (TPSA) is 75.5 Å². The summed E-state index contributed by atoms with van der Waals surface area (Å²) in [4.78, 5) is 14.6. The van der Waals surface area contributed by atoms with Crippen LogP contribution in [0.15, 0.2) is 66.7 Å². The maximum atomic E-state index is 12.9. The van der Waals surface area contributed by atoms with Gasteiger partial charge in [0.25, 0.3) is 5.91 Å². The summed E-state index contributed by atoms with van der Waals surface area (Å²) in [7, 11) is -3.41. The molecule has 8 heteroatoms. The van der Waals surface area contributed by atoms with Crippen LogP contribution in [0.2, 0.25) is 0 Å². The zero-order valence-electron chi connectivity index (χ0n) is 16.8. The quantitative estimate of drug-likeness (QED) is 0.631. The van der Waals surface area contributed by atoms with Gasteiger partial charge >= 0.3 is 0 Å². The number of nitrogens with zero attached hydrogens (tertiary/aromatic N) is 4. The third-order valence-electron chi connectivity index (χ3n) is 5.22. The van der Waals surface area contributed by atoms with Crippen molar-refractivity contribution in [1.82, 2.24) is 19.0 Å². The Bertz CT molecular complexity index is 1120. The van der Waals surface area contributed by atoms with Crippen LogP contribution in [0.1, 0.15) is 21.7 Å². The van der Waals surface area contributed by atoms with Gasteiger partial charge in [-0.15, -0.1) is 0 Å². The number of aryl methyl sites for hydroxylation is 1. The van der Waals surface area contributed by atoms with Crippen LogP contribution in [0.25, 0.3) is 5.69 Å². The molecule has 0 N–H and O–H groups in total. The predicted molar refractivity (Wildman–Crippen MR) is 115 cm³/mol. The summed E-state index contributed by atoms with van der Waals surface area (Å²) in [5.41, 5.74) is 2.90. The van der Waals surface area contributed by atoms with Crippen LogP contribution in [-0.2, 0) is 15.8 Å². The minimum atomic E-state index is -3.41. The smallest absolute Gasteiger partial charge is 0.274 e. The monoisotopic (exact) mass is 424 g/mol. The summed E-state index contributed by atoms with van der Waals surface area (Å²) in [6.45, 7) is 3.19. The average molecular weight is 425 g/mol. The van der Waals surface area contributed by atoms with Gasteiger partial charge in [0.05, 0.1) is 11.4 Å². The summed E-state index contributed by atoms with van der Waals surface area (Å²) in [5, 5.41) is 4.47. The molecule has 30 heavy (non-hydrogen) atoms. The number of hydrogen-bond donors (Lipinski definition) is 0. The number of amides is 1. The highest BCUT2D eigenvalue weighted by Gasteiger charge is 2.30. The van der Waals surface area contributed by atoms with Crippen LogP contribution in [0.3, 0.4) is 0 Å². The van der Waals surface area contributed by atoms with Gasteiger partial charge in [-0.25, -0.2) is 13.1 Å². The van der Waals surface area contributed by atoms with Crippen LogP contribution >= 0.6 is 0 Å². The molecule has 1 fully saturated rings. The van der Waals surface area contributed by atoms with E-state index in [4.69, 9.17) is 0 Å². The van der Waals surface area contributed by atoms with Gasteiger partial charge in [0, 0.05) is 31.9 Å². The molecule has 0 bridgehead atoms. The summed E-state index contributed by atoms with van der Waals surface area (Å²) >= 11 is 0. The molecule has 0 atom stereocenters. The molecule has 0 saturated carbocycles. The van der Waals surface area contributed by atoms with Gasteiger partial charge in [-0.2, -0.15) is 9.40 Å². The second-order valence-corrected chi connectivity index (χ2v) is 9.32. The Morgan fingerprint density at radius 2 is 1.53 bits per heavy atom. The van der Waals surface area contributed by atoms with Crippen LogP contribution in [0.5, 0.6) is 0 Å². The molecule has 2 heterocycles. The lowest BCUT2D eigenvalue weighted by molar-refractivity contribution is 0.0691. The molecule has 7 nitrogen and oxygen atoms in total. The Morgan fingerprint density at radius 3 is 2.17 bits per heavy atom. The van der Waals surface area contributed by atoms with E-state index in [1.807, 2.05) is 67.6 Å². The van der Waals surface area contributed by atoms with E-state index in [0.29, 0.717) is 31.9 Å². The highest BCUT2D eigenvalue weighted by molar-refractivity contribution is 7.88. The number of benzene rings is 2. The minimum Gasteiger partial charge on any atom is -0.335 e. The van der Waals surface area contributed by atoms with E-state index in [1.54, 1.807) is 15.6 Å². The summed E-state index contributed by atoms with van der Waals surface area (Å²) in [6.07, 6.45) is 0. The third-order valence-corrected chi connectivity index (χ3v) is 7.07. The average Bonchev–Trinajstić information content (AvgIpc) is 3.16. The van der Waals surface area contributed by atoms with E-state index in [1.165, 1.54) is 4.31 Å². The summed E-state index contributed by atoms with van der Waals surface area (Å²) in [5.74, 6) is -0.199. The Labute approximate surface area is 176 Å². The third kappa shape index (κ3) is 4.29. The van der Waals surface area contributed by atoms with Gasteiger partial charge in [-0.05, 0) is 30.7 Å². The van der Waals surface area contributed by atoms with E-state index in [9.17, 15) is 13.2 Å². The molecule has 3 aromatic rings. The zero-order chi connectivity index (χ0) is 21.1. The van der Waals surface area contributed by atoms with Gasteiger partial charge in [0.15, 0.2) is 5.69 Å². The first-order chi connectivity index (χ1) is 14.4. The van der Waals surface area contributed by atoms with E-state index in [2.05, 4.69) is 5.10 Å². The Kier molecular flexibility index (Phi) is 5.69. The predicted octanol–water partition coefficient (Wildman–Crippen LogP) is 2.47. The van der Waals surface area contributed by atoms with Crippen LogP contribution in [0.4, 0.5) is 0 Å². The second-order valence-electron chi connectivity index (χ2n) is 7.35. The Hall–Kier alpha value is -2.97. The molecule has 1 amide bonds. The molecule has 1 aliphatic heterocycles. The normalized spacial score (nSPS) is 15.3. The van der Waals surface area contributed by atoms with Gasteiger partial charge in [0.2, 0.25) is 10.0 Å². The molecule has 0 spiro atoms. The number of hydrogen-bond acceptors (Lipinski definition) is 4. The molecule has 0 aliphatic carbocycles. The first-order valence-electron chi connectivity index (χ1n) is 9.87. The highest BCUT2D eigenvalue weighted by atomic mass is 32.2. The molecule has 2 aromatic carbocycles. The van der Waals surface area contributed by atoms with Crippen LogP contribution in [-0.4, -0.2) is 59.5 Å². The molecular weight excluding hydrogens is 400 g/mol. The number of aromatic nitrogens is 2. The number of rotatable bonds is 5. The highest BCUT2D eigenvalue weighted by Crippen LogP contribution is 2.17. The van der Waals surface area contributed by atoms with E-state index in [-0.39, 0.29) is 11.7 Å². The minimum absolute atomic E-state index is 0.0253. The molecule has 1 saturated heterocycles. The molecule has 1 aliphatic rings. The summed E-state index contributed by atoms with van der Waals surface area (Å²) in [6, 6.07) is 20.6. The molecule has 4 rings (SSSR count). The second kappa shape index (κ2) is 8.41. The lowest BCUT2D eigenvalue weighted by Gasteiger charge is -2.33. The number of para-hydroxylation sites is 1. The largest absolute Gasteiger partial charge is 0.335 e. The van der Waals surface area contributed by atoms with Crippen LogP contribution in [0, 0.1) is 6.92 Å². The SMILES string of the molecule is Cc1cc(C(=O)N2CCN(S(=O)(=O)Cc3ccccc3)CC2)nn1-c1ccccc1. The fourth-order valence-electron chi connectivity index (χ4n) is 3.62. The number of piperazine rings is 1. The van der Waals surface area contributed by atoms with Crippen molar-refractivity contribution in [3.63, 3.8) is 0 Å². The van der Waals surface area contributed by atoms with Gasteiger partial charge in [-0.3, -0.25) is 4.79 Å². The van der Waals surface area contributed by atoms with Gasteiger partial charge in [-0.1, -0.05) is 48.5 Å². The number of carbonyl (C=O) groups excluding carboxylic acids is 1. The Balaban J connectivity index is 1.41. The van der Waals surface area contributed by atoms with Crippen LogP contribution < -0.4 is 0 Å². The fourth-order valence-corrected chi connectivity index (χ4v) is 5.13.